The van der Waals surface area contributed by atoms with Gasteiger partial charge in [-0.3, -0.25) is 9.59 Å². The third-order valence-electron chi connectivity index (χ3n) is 3.45. The van der Waals surface area contributed by atoms with Crippen LogP contribution in [-0.4, -0.2) is 22.1 Å². The highest BCUT2D eigenvalue weighted by atomic mass is 19.4. The topological polar surface area (TPSA) is 71.3 Å². The molecule has 1 aromatic heterocycles. The third-order valence-corrected chi connectivity index (χ3v) is 3.45. The minimum absolute atomic E-state index is 0.0837. The number of benzene rings is 1. The van der Waals surface area contributed by atoms with Gasteiger partial charge in [0, 0.05) is 19.8 Å². The summed E-state index contributed by atoms with van der Waals surface area (Å²) in [6.45, 7) is -0.234. The first kappa shape index (κ1) is 17.7. The number of aromatic nitrogens is 1. The van der Waals surface area contributed by atoms with Crippen LogP contribution in [0.15, 0.2) is 47.4 Å². The number of nitrogens with zero attached hydrogens (tertiary/aromatic N) is 1. The van der Waals surface area contributed by atoms with Crippen LogP contribution in [0, 0.1) is 0 Å². The van der Waals surface area contributed by atoms with Crippen LogP contribution in [0.2, 0.25) is 0 Å². The maximum absolute atomic E-state index is 12.5. The Morgan fingerprint density at radius 1 is 1.25 bits per heavy atom. The summed E-state index contributed by atoms with van der Waals surface area (Å²) >= 11 is 0. The van der Waals surface area contributed by atoms with Gasteiger partial charge in [0.15, 0.2) is 0 Å². The number of alkyl halides is 3. The number of amides is 1. The molecule has 2 rings (SSSR count). The Balaban J connectivity index is 2.02. The Morgan fingerprint density at radius 2 is 1.88 bits per heavy atom. The summed E-state index contributed by atoms with van der Waals surface area (Å²) in [6, 6.07) is 6.87. The van der Waals surface area contributed by atoms with Gasteiger partial charge in [0.2, 0.25) is 0 Å². The molecule has 1 amide bonds. The molecule has 0 aliphatic rings. The fourth-order valence-electron chi connectivity index (χ4n) is 2.07. The summed E-state index contributed by atoms with van der Waals surface area (Å²) in [6.07, 6.45) is -4.15. The predicted molar refractivity (Wildman–Crippen MR) is 80.4 cm³/mol. The quantitative estimate of drug-likeness (QED) is 0.893. The van der Waals surface area contributed by atoms with Gasteiger partial charge in [0.05, 0.1) is 11.7 Å². The number of aliphatic hydroxyl groups excluding tert-OH is 1. The Bertz CT molecular complexity index is 782. The third kappa shape index (κ3) is 4.02. The van der Waals surface area contributed by atoms with Crippen molar-refractivity contribution in [2.75, 3.05) is 6.54 Å². The molecule has 2 N–H and O–H groups in total. The van der Waals surface area contributed by atoms with Crippen LogP contribution in [0.25, 0.3) is 0 Å². The maximum Gasteiger partial charge on any atom is 0.416 e. The second kappa shape index (κ2) is 6.88. The van der Waals surface area contributed by atoms with Crippen molar-refractivity contribution < 1.29 is 23.1 Å². The molecule has 0 spiro atoms. The molecule has 2 aromatic rings. The Labute approximate surface area is 135 Å². The van der Waals surface area contributed by atoms with E-state index in [0.29, 0.717) is 0 Å². The molecule has 0 bridgehead atoms. The SMILES string of the molecule is Cn1cccc(C(=O)NC[C@@H](O)c2ccc(C(F)(F)F)cc2)c1=O. The van der Waals surface area contributed by atoms with Crippen LogP contribution >= 0.6 is 0 Å². The molecule has 0 unspecified atom stereocenters. The smallest absolute Gasteiger partial charge is 0.387 e. The van der Waals surface area contributed by atoms with Crippen molar-refractivity contribution in [1.82, 2.24) is 9.88 Å². The van der Waals surface area contributed by atoms with Crippen LogP contribution in [0.5, 0.6) is 0 Å². The van der Waals surface area contributed by atoms with Gasteiger partial charge >= 0.3 is 6.18 Å². The van der Waals surface area contributed by atoms with E-state index in [1.165, 1.54) is 29.9 Å². The van der Waals surface area contributed by atoms with E-state index < -0.39 is 29.3 Å². The first-order valence-electron chi connectivity index (χ1n) is 6.99. The maximum atomic E-state index is 12.5. The highest BCUT2D eigenvalue weighted by Gasteiger charge is 2.30. The lowest BCUT2D eigenvalue weighted by Gasteiger charge is -2.13. The first-order valence-corrected chi connectivity index (χ1v) is 6.99. The van der Waals surface area contributed by atoms with Gasteiger partial charge in [-0.25, -0.2) is 0 Å². The molecule has 0 saturated heterocycles. The van der Waals surface area contributed by atoms with Crippen molar-refractivity contribution in [2.24, 2.45) is 7.05 Å². The van der Waals surface area contributed by atoms with E-state index >= 15 is 0 Å². The second-order valence-electron chi connectivity index (χ2n) is 5.18. The highest BCUT2D eigenvalue weighted by molar-refractivity contribution is 5.93. The number of carbonyl (C=O) groups excluding carboxylic acids is 1. The zero-order valence-electron chi connectivity index (χ0n) is 12.7. The summed E-state index contributed by atoms with van der Waals surface area (Å²) < 4.78 is 38.7. The lowest BCUT2D eigenvalue weighted by Crippen LogP contribution is -2.34. The Kier molecular flexibility index (Phi) is 5.08. The lowest BCUT2D eigenvalue weighted by atomic mass is 10.1. The highest BCUT2D eigenvalue weighted by Crippen LogP contribution is 2.29. The van der Waals surface area contributed by atoms with Crippen LogP contribution in [-0.2, 0) is 13.2 Å². The molecule has 1 heterocycles. The number of aliphatic hydroxyl groups is 1. The van der Waals surface area contributed by atoms with E-state index in [1.807, 2.05) is 0 Å². The van der Waals surface area contributed by atoms with Crippen LogP contribution in [0.1, 0.15) is 27.6 Å². The summed E-state index contributed by atoms with van der Waals surface area (Å²) in [5.41, 5.74) is -1.17. The summed E-state index contributed by atoms with van der Waals surface area (Å²) in [5.74, 6) is -0.665. The molecule has 1 atom stereocenters. The average Bonchev–Trinajstić information content (AvgIpc) is 2.54. The second-order valence-corrected chi connectivity index (χ2v) is 5.18. The van der Waals surface area contributed by atoms with Crippen molar-refractivity contribution in [1.29, 1.82) is 0 Å². The predicted octanol–water partition coefficient (Wildman–Crippen LogP) is 1.87. The van der Waals surface area contributed by atoms with Gasteiger partial charge in [-0.15, -0.1) is 0 Å². The number of carbonyl (C=O) groups is 1. The lowest BCUT2D eigenvalue weighted by molar-refractivity contribution is -0.137. The van der Waals surface area contributed by atoms with Crippen molar-refractivity contribution in [3.8, 4) is 0 Å². The molecule has 1 aromatic carbocycles. The standard InChI is InChI=1S/C16H15F3N2O3/c1-21-8-2-3-12(15(21)24)14(23)20-9-13(22)10-4-6-11(7-5-10)16(17,18)19/h2-8,13,22H,9H2,1H3,(H,20,23)/t13-/m1/s1. The zero-order valence-corrected chi connectivity index (χ0v) is 12.7. The van der Waals surface area contributed by atoms with Gasteiger partial charge in [-0.2, -0.15) is 13.2 Å². The van der Waals surface area contributed by atoms with Gasteiger partial charge in [0.25, 0.3) is 11.5 Å². The number of rotatable bonds is 4. The molecule has 0 radical (unpaired) electrons. The van der Waals surface area contributed by atoms with E-state index in [2.05, 4.69) is 5.32 Å². The minimum Gasteiger partial charge on any atom is -0.387 e. The van der Waals surface area contributed by atoms with E-state index in [4.69, 9.17) is 0 Å². The van der Waals surface area contributed by atoms with E-state index in [1.54, 1.807) is 0 Å². The fourth-order valence-corrected chi connectivity index (χ4v) is 2.07. The number of pyridine rings is 1. The summed E-state index contributed by atoms with van der Waals surface area (Å²) in [5, 5.41) is 12.3. The van der Waals surface area contributed by atoms with Crippen LogP contribution in [0.4, 0.5) is 13.2 Å². The fraction of sp³-hybridized carbons (Fsp3) is 0.250. The molecule has 0 aliphatic heterocycles. The number of nitrogens with one attached hydrogen (secondary N) is 1. The normalized spacial score (nSPS) is 12.7. The number of aryl methyl sites for hydroxylation is 1. The Hall–Kier alpha value is -2.61. The van der Waals surface area contributed by atoms with Crippen LogP contribution < -0.4 is 10.9 Å². The van der Waals surface area contributed by atoms with Crippen LogP contribution in [0.3, 0.4) is 0 Å². The van der Waals surface area contributed by atoms with Crippen molar-refractivity contribution in [3.05, 3.63) is 69.6 Å². The molecular formula is C16H15F3N2O3. The van der Waals surface area contributed by atoms with E-state index in [-0.39, 0.29) is 17.7 Å². The zero-order chi connectivity index (χ0) is 17.9. The van der Waals surface area contributed by atoms with Crippen molar-refractivity contribution in [2.45, 2.75) is 12.3 Å². The molecule has 0 aliphatic carbocycles. The number of halogens is 3. The Morgan fingerprint density at radius 3 is 2.46 bits per heavy atom. The summed E-state index contributed by atoms with van der Waals surface area (Å²) in [7, 11) is 1.50. The largest absolute Gasteiger partial charge is 0.416 e. The molecule has 0 saturated carbocycles. The molecule has 0 fully saturated rings. The minimum atomic E-state index is -4.45. The van der Waals surface area contributed by atoms with Gasteiger partial charge in [-0.1, -0.05) is 12.1 Å². The number of hydrogen-bond donors (Lipinski definition) is 2. The number of hydrogen-bond acceptors (Lipinski definition) is 3. The van der Waals surface area contributed by atoms with Crippen molar-refractivity contribution >= 4 is 5.91 Å². The monoisotopic (exact) mass is 340 g/mol. The first-order chi connectivity index (χ1) is 11.2. The van der Waals surface area contributed by atoms with Crippen molar-refractivity contribution in [3.63, 3.8) is 0 Å². The molecule has 128 valence electrons. The molecule has 8 heteroatoms. The molecular weight excluding hydrogens is 325 g/mol. The summed E-state index contributed by atoms with van der Waals surface area (Å²) in [4.78, 5) is 23.7. The average molecular weight is 340 g/mol. The van der Waals surface area contributed by atoms with Gasteiger partial charge in [-0.05, 0) is 29.8 Å². The van der Waals surface area contributed by atoms with Gasteiger partial charge < -0.3 is 15.0 Å². The molecule has 24 heavy (non-hydrogen) atoms. The molecule has 5 nitrogen and oxygen atoms in total. The van der Waals surface area contributed by atoms with E-state index in [9.17, 15) is 27.9 Å². The van der Waals surface area contributed by atoms with Gasteiger partial charge in [0.1, 0.15) is 5.56 Å². The van der Waals surface area contributed by atoms with E-state index in [0.717, 1.165) is 24.3 Å².